The first-order valence-electron chi connectivity index (χ1n) is 5.62. The second-order valence-corrected chi connectivity index (χ2v) is 7.27. The van der Waals surface area contributed by atoms with Crippen LogP contribution >= 0.6 is 31.9 Å². The topological polar surface area (TPSA) is 85.3 Å². The molecule has 108 valence electrons. The third kappa shape index (κ3) is 4.16. The van der Waals surface area contributed by atoms with Crippen molar-refractivity contribution in [2.24, 2.45) is 5.14 Å². The second kappa shape index (κ2) is 6.40. The summed E-state index contributed by atoms with van der Waals surface area (Å²) in [5, 5.41) is 8.26. The van der Waals surface area contributed by atoms with Gasteiger partial charge in [0, 0.05) is 6.54 Å². The number of hydrogen-bond donors (Lipinski definition) is 2. The normalized spacial score (nSPS) is 11.8. The number of rotatable bonds is 5. The van der Waals surface area contributed by atoms with Gasteiger partial charge < -0.3 is 9.73 Å². The van der Waals surface area contributed by atoms with Gasteiger partial charge >= 0.3 is 0 Å². The first-order chi connectivity index (χ1) is 9.36. The van der Waals surface area contributed by atoms with Crippen molar-refractivity contribution in [2.45, 2.75) is 18.0 Å². The Hall–Kier alpha value is -0.670. The molecule has 2 rings (SSSR count). The number of hydrogen-bond acceptors (Lipinski definition) is 4. The lowest BCUT2D eigenvalue weighted by Crippen LogP contribution is -2.15. The van der Waals surface area contributed by atoms with E-state index < -0.39 is 10.0 Å². The van der Waals surface area contributed by atoms with Crippen molar-refractivity contribution in [3.05, 3.63) is 50.8 Å². The third-order valence-electron chi connectivity index (χ3n) is 2.55. The number of halogens is 2. The highest BCUT2D eigenvalue weighted by Gasteiger charge is 2.08. The van der Waals surface area contributed by atoms with Gasteiger partial charge in [-0.1, -0.05) is 12.1 Å². The van der Waals surface area contributed by atoms with Crippen LogP contribution in [0.25, 0.3) is 0 Å². The molecule has 5 nitrogen and oxygen atoms in total. The van der Waals surface area contributed by atoms with Gasteiger partial charge in [-0.05, 0) is 55.6 Å². The summed E-state index contributed by atoms with van der Waals surface area (Å²) in [5.74, 6) is 0.770. The zero-order chi connectivity index (χ0) is 14.8. The van der Waals surface area contributed by atoms with Gasteiger partial charge in [-0.3, -0.25) is 0 Å². The highest BCUT2D eigenvalue weighted by Crippen LogP contribution is 2.26. The first-order valence-corrected chi connectivity index (χ1v) is 8.75. The summed E-state index contributed by atoms with van der Waals surface area (Å²) < 4.78 is 29.4. The van der Waals surface area contributed by atoms with Crippen molar-refractivity contribution in [1.82, 2.24) is 5.32 Å². The van der Waals surface area contributed by atoms with Gasteiger partial charge in [-0.25, -0.2) is 13.6 Å². The van der Waals surface area contributed by atoms with Crippen molar-refractivity contribution in [2.75, 3.05) is 0 Å². The molecule has 0 saturated heterocycles. The van der Waals surface area contributed by atoms with Gasteiger partial charge in [0.1, 0.15) is 5.76 Å². The zero-order valence-electron chi connectivity index (χ0n) is 10.3. The molecule has 0 atom stereocenters. The van der Waals surface area contributed by atoms with Gasteiger partial charge in [0.25, 0.3) is 0 Å². The molecule has 0 bridgehead atoms. The molecule has 0 aliphatic rings. The van der Waals surface area contributed by atoms with E-state index in [0.29, 0.717) is 17.8 Å². The summed E-state index contributed by atoms with van der Waals surface area (Å²) in [7, 11) is -3.66. The van der Waals surface area contributed by atoms with Crippen LogP contribution in [0.4, 0.5) is 0 Å². The molecule has 2 aromatic rings. The molecule has 1 aromatic heterocycles. The average molecular weight is 424 g/mol. The van der Waals surface area contributed by atoms with Crippen LogP contribution in [-0.2, 0) is 23.1 Å². The Balaban J connectivity index is 1.98. The van der Waals surface area contributed by atoms with Crippen molar-refractivity contribution >= 4 is 41.9 Å². The lowest BCUT2D eigenvalue weighted by Gasteiger charge is -2.05. The maximum Gasteiger partial charge on any atom is 0.238 e. The first kappa shape index (κ1) is 15.7. The molecule has 0 aliphatic carbocycles. The predicted molar refractivity (Wildman–Crippen MR) is 82.5 cm³/mol. The fraction of sp³-hybridized carbons (Fsp3) is 0.167. The van der Waals surface area contributed by atoms with Crippen molar-refractivity contribution < 1.29 is 12.8 Å². The van der Waals surface area contributed by atoms with E-state index in [2.05, 4.69) is 37.2 Å². The van der Waals surface area contributed by atoms with E-state index in [1.807, 2.05) is 12.1 Å². The van der Waals surface area contributed by atoms with Crippen LogP contribution in [0.15, 0.2) is 48.8 Å². The Labute approximate surface area is 133 Å². The van der Waals surface area contributed by atoms with E-state index >= 15 is 0 Å². The molecule has 0 fully saturated rings. The summed E-state index contributed by atoms with van der Waals surface area (Å²) in [4.78, 5) is 0.111. The van der Waals surface area contributed by atoms with E-state index in [1.165, 1.54) is 6.07 Å². The molecule has 1 heterocycles. The lowest BCUT2D eigenvalue weighted by molar-refractivity contribution is 0.464. The van der Waals surface area contributed by atoms with Crippen LogP contribution in [0.1, 0.15) is 11.3 Å². The third-order valence-corrected chi connectivity index (χ3v) is 5.17. The molecule has 0 saturated carbocycles. The minimum Gasteiger partial charge on any atom is -0.452 e. The van der Waals surface area contributed by atoms with Crippen LogP contribution in [0.5, 0.6) is 0 Å². The van der Waals surface area contributed by atoms with Gasteiger partial charge in [0.15, 0.2) is 4.67 Å². The molecule has 0 amide bonds. The predicted octanol–water partition coefficient (Wildman–Crippen LogP) is 2.74. The monoisotopic (exact) mass is 422 g/mol. The van der Waals surface area contributed by atoms with E-state index in [1.54, 1.807) is 12.1 Å². The quantitative estimate of drug-likeness (QED) is 0.774. The standard InChI is InChI=1S/C12H12Br2N2O3S/c13-11-5-9(19-12(11)14)7-16-6-8-2-1-3-10(4-8)20(15,17)18/h1-5,16H,6-7H2,(H2,15,17,18). The molecule has 0 radical (unpaired) electrons. The average Bonchev–Trinajstić information content (AvgIpc) is 2.68. The Morgan fingerprint density at radius 2 is 1.95 bits per heavy atom. The number of sulfonamides is 1. The van der Waals surface area contributed by atoms with E-state index in [0.717, 1.165) is 15.8 Å². The van der Waals surface area contributed by atoms with Crippen molar-refractivity contribution in [3.63, 3.8) is 0 Å². The maximum atomic E-state index is 11.3. The van der Waals surface area contributed by atoms with Crippen molar-refractivity contribution in [1.29, 1.82) is 0 Å². The highest BCUT2D eigenvalue weighted by atomic mass is 79.9. The van der Waals surface area contributed by atoms with Gasteiger partial charge in [0.05, 0.1) is 15.9 Å². The molecule has 20 heavy (non-hydrogen) atoms. The molecule has 0 aliphatic heterocycles. The van der Waals surface area contributed by atoms with Crippen LogP contribution < -0.4 is 10.5 Å². The Morgan fingerprint density at radius 3 is 2.55 bits per heavy atom. The van der Waals surface area contributed by atoms with E-state index in [9.17, 15) is 8.42 Å². The van der Waals surface area contributed by atoms with E-state index in [-0.39, 0.29) is 4.90 Å². The lowest BCUT2D eigenvalue weighted by atomic mass is 10.2. The summed E-state index contributed by atoms with van der Waals surface area (Å²) in [6, 6.07) is 8.38. The minimum atomic E-state index is -3.66. The summed E-state index contributed by atoms with van der Waals surface area (Å²) in [6.45, 7) is 1.04. The summed E-state index contributed by atoms with van der Waals surface area (Å²) in [5.41, 5.74) is 0.834. The number of furan rings is 1. The molecule has 0 spiro atoms. The fourth-order valence-electron chi connectivity index (χ4n) is 1.64. The minimum absolute atomic E-state index is 0.111. The molecular weight excluding hydrogens is 412 g/mol. The fourth-order valence-corrected chi connectivity index (χ4v) is 2.88. The molecule has 1 aromatic carbocycles. The van der Waals surface area contributed by atoms with Crippen LogP contribution in [0.2, 0.25) is 0 Å². The number of primary sulfonamides is 1. The Morgan fingerprint density at radius 1 is 1.20 bits per heavy atom. The SMILES string of the molecule is NS(=O)(=O)c1cccc(CNCc2cc(Br)c(Br)o2)c1. The molecular formula is C12H12Br2N2O3S. The maximum absolute atomic E-state index is 11.3. The molecule has 0 unspecified atom stereocenters. The largest absolute Gasteiger partial charge is 0.452 e. The smallest absolute Gasteiger partial charge is 0.238 e. The number of nitrogens with two attached hydrogens (primary N) is 1. The van der Waals surface area contributed by atoms with Crippen LogP contribution in [0, 0.1) is 0 Å². The number of benzene rings is 1. The summed E-state index contributed by atoms with van der Waals surface area (Å²) >= 11 is 6.60. The van der Waals surface area contributed by atoms with Crippen molar-refractivity contribution in [3.8, 4) is 0 Å². The van der Waals surface area contributed by atoms with Crippen LogP contribution in [-0.4, -0.2) is 8.42 Å². The number of nitrogens with one attached hydrogen (secondary N) is 1. The highest BCUT2D eigenvalue weighted by molar-refractivity contribution is 9.13. The molecule has 8 heteroatoms. The van der Waals surface area contributed by atoms with Gasteiger partial charge in [-0.15, -0.1) is 0 Å². The summed E-state index contributed by atoms with van der Waals surface area (Å²) in [6.07, 6.45) is 0. The van der Waals surface area contributed by atoms with E-state index in [4.69, 9.17) is 9.56 Å². The molecule has 3 N–H and O–H groups in total. The second-order valence-electron chi connectivity index (χ2n) is 4.13. The van der Waals surface area contributed by atoms with Gasteiger partial charge in [-0.2, -0.15) is 0 Å². The van der Waals surface area contributed by atoms with Crippen LogP contribution in [0.3, 0.4) is 0 Å². The Kier molecular flexibility index (Phi) is 5.03. The Bertz CT molecular complexity index is 694. The zero-order valence-corrected chi connectivity index (χ0v) is 14.3. The van der Waals surface area contributed by atoms with Gasteiger partial charge in [0.2, 0.25) is 10.0 Å².